The number of aromatic amines is 1. The molecule has 6 rings (SSSR count). The zero-order valence-corrected chi connectivity index (χ0v) is 25.4. The number of para-hydroxylation sites is 1. The molecule has 3 N–H and O–H groups in total. The van der Waals surface area contributed by atoms with Gasteiger partial charge in [-0.15, -0.1) is 6.42 Å². The summed E-state index contributed by atoms with van der Waals surface area (Å²) in [7, 11) is 1.31. The Morgan fingerprint density at radius 1 is 1.16 bits per heavy atom. The minimum absolute atomic E-state index is 0.105. The summed E-state index contributed by atoms with van der Waals surface area (Å²) in [6.07, 6.45) is 17.8. The molecule has 7 atom stereocenters. The van der Waals surface area contributed by atoms with Gasteiger partial charge in [0.1, 0.15) is 11.6 Å². The fraction of sp³-hybridized carbons (Fsp3) is 0.571. The quantitative estimate of drug-likeness (QED) is 0.239. The second-order valence-corrected chi connectivity index (χ2v) is 13.6. The molecule has 0 saturated heterocycles. The number of methoxy groups -OCH3 is 1. The third-order valence-electron chi connectivity index (χ3n) is 11.7. The number of hydrogen-bond donors (Lipinski definition) is 3. The number of fused-ring (bicyclic) bond motifs is 6. The molecule has 1 heterocycles. The van der Waals surface area contributed by atoms with E-state index < -0.39 is 23.5 Å². The molecule has 228 valence electrons. The maximum Gasteiger partial charge on any atom is 0.328 e. The second-order valence-electron chi connectivity index (χ2n) is 13.6. The molecule has 4 unspecified atom stereocenters. The molecule has 1 amide bonds. The molecule has 0 aliphatic heterocycles. The predicted molar refractivity (Wildman–Crippen MR) is 165 cm³/mol. The van der Waals surface area contributed by atoms with Crippen LogP contribution in [-0.2, 0) is 25.6 Å². The number of esters is 1. The van der Waals surface area contributed by atoms with Gasteiger partial charge in [-0.25, -0.2) is 4.79 Å². The van der Waals surface area contributed by atoms with E-state index in [9.17, 15) is 14.7 Å². The first-order valence-corrected chi connectivity index (χ1v) is 15.6. The van der Waals surface area contributed by atoms with Crippen molar-refractivity contribution in [2.75, 3.05) is 13.7 Å². The molecule has 0 spiro atoms. The Morgan fingerprint density at radius 2 is 1.95 bits per heavy atom. The Balaban J connectivity index is 1.08. The number of amides is 1. The first kappa shape index (κ1) is 29.5. The summed E-state index contributed by atoms with van der Waals surface area (Å²) < 4.78 is 4.95. The number of hydrogen-bond acceptors (Lipinski definition) is 6. The highest BCUT2D eigenvalue weighted by Gasteiger charge is 2.63. The van der Waals surface area contributed by atoms with Gasteiger partial charge in [-0.1, -0.05) is 48.7 Å². The van der Waals surface area contributed by atoms with Crippen molar-refractivity contribution in [2.24, 2.45) is 33.7 Å². The molecule has 0 bridgehead atoms. The van der Waals surface area contributed by atoms with Gasteiger partial charge >= 0.3 is 5.97 Å². The van der Waals surface area contributed by atoms with Gasteiger partial charge in [0.15, 0.2) is 6.61 Å². The highest BCUT2D eigenvalue weighted by Crippen LogP contribution is 2.67. The number of aromatic nitrogens is 1. The van der Waals surface area contributed by atoms with E-state index in [1.54, 1.807) is 0 Å². The van der Waals surface area contributed by atoms with Crippen LogP contribution in [0.4, 0.5) is 0 Å². The lowest BCUT2D eigenvalue weighted by molar-refractivity contribution is -0.145. The van der Waals surface area contributed by atoms with Crippen molar-refractivity contribution >= 4 is 28.5 Å². The molecule has 0 radical (unpaired) electrons. The lowest BCUT2D eigenvalue weighted by Crippen LogP contribution is -2.54. The number of terminal acetylenes is 1. The van der Waals surface area contributed by atoms with Crippen LogP contribution in [0.15, 0.2) is 47.3 Å². The summed E-state index contributed by atoms with van der Waals surface area (Å²) in [6, 6.07) is 6.98. The van der Waals surface area contributed by atoms with Crippen LogP contribution in [0.25, 0.3) is 10.9 Å². The second kappa shape index (κ2) is 11.2. The number of carbonyl (C=O) groups excluding carboxylic acids is 2. The van der Waals surface area contributed by atoms with Gasteiger partial charge in [-0.05, 0) is 92.2 Å². The van der Waals surface area contributed by atoms with Crippen molar-refractivity contribution in [3.8, 4) is 12.3 Å². The van der Waals surface area contributed by atoms with Gasteiger partial charge < -0.3 is 25.0 Å². The number of benzene rings is 1. The van der Waals surface area contributed by atoms with E-state index >= 15 is 0 Å². The van der Waals surface area contributed by atoms with E-state index in [-0.39, 0.29) is 17.4 Å². The number of oxime groups is 1. The van der Waals surface area contributed by atoms with E-state index in [0.717, 1.165) is 67.1 Å². The molecule has 8 nitrogen and oxygen atoms in total. The van der Waals surface area contributed by atoms with Gasteiger partial charge in [-0.3, -0.25) is 4.79 Å². The van der Waals surface area contributed by atoms with Crippen LogP contribution in [0.3, 0.4) is 0 Å². The molecule has 4 aliphatic rings. The van der Waals surface area contributed by atoms with Crippen LogP contribution in [-0.4, -0.2) is 53.0 Å². The van der Waals surface area contributed by atoms with Crippen LogP contribution < -0.4 is 5.32 Å². The SMILES string of the molecule is C#C[C@@]1(O)CCC2C3CCC4=CC(=NOCC(=O)NC(Cc5c[nH]c6ccccc56)C(=O)OC)CC[C@]4(C)C3CC[C@@]21C. The topological polar surface area (TPSA) is 113 Å². The fourth-order valence-corrected chi connectivity index (χ4v) is 9.16. The van der Waals surface area contributed by atoms with Gasteiger partial charge in [0, 0.05) is 28.9 Å². The molecule has 8 heteroatoms. The number of allylic oxidation sites excluding steroid dienone is 2. The highest BCUT2D eigenvalue weighted by molar-refractivity contribution is 5.96. The van der Waals surface area contributed by atoms with Crippen LogP contribution in [0.1, 0.15) is 70.8 Å². The minimum Gasteiger partial charge on any atom is -0.467 e. The first-order valence-electron chi connectivity index (χ1n) is 15.6. The van der Waals surface area contributed by atoms with E-state index in [2.05, 4.69) is 41.3 Å². The van der Waals surface area contributed by atoms with E-state index in [1.165, 1.54) is 12.7 Å². The monoisotopic (exact) mass is 585 g/mol. The average Bonchev–Trinajstić information content (AvgIpc) is 3.54. The number of rotatable bonds is 7. The zero-order chi connectivity index (χ0) is 30.4. The Labute approximate surface area is 253 Å². The standard InChI is InChI=1S/C35H43N3O5/c1-5-35(41)17-14-28-26-11-10-23-19-24(12-15-33(23,2)27(26)13-16-34(28,35)3)38-43-21-31(39)37-30(32(40)42-4)18-22-20-36-29-9-7-6-8-25(22)29/h1,6-9,19-20,26-28,30,36,41H,10-18,21H2,2-4H3,(H,37,39)/t26?,27?,28?,30?,33-,34-,35+/m0/s1. The molecular formula is C35H43N3O5. The van der Waals surface area contributed by atoms with Crippen LogP contribution in [0.2, 0.25) is 0 Å². The van der Waals surface area contributed by atoms with Crippen LogP contribution in [0.5, 0.6) is 0 Å². The average molecular weight is 586 g/mol. The zero-order valence-electron chi connectivity index (χ0n) is 25.4. The highest BCUT2D eigenvalue weighted by atomic mass is 16.6. The van der Waals surface area contributed by atoms with Crippen molar-refractivity contribution < 1.29 is 24.3 Å². The Kier molecular flexibility index (Phi) is 7.66. The number of nitrogens with zero attached hydrogens (tertiary/aromatic N) is 1. The van der Waals surface area contributed by atoms with Crippen LogP contribution in [0, 0.1) is 40.9 Å². The normalized spacial score (nSPS) is 34.7. The number of H-pyrrole nitrogens is 1. The number of aliphatic hydroxyl groups is 1. The Morgan fingerprint density at radius 3 is 2.74 bits per heavy atom. The van der Waals surface area contributed by atoms with Gasteiger partial charge in [0.25, 0.3) is 5.91 Å². The summed E-state index contributed by atoms with van der Waals surface area (Å²) in [6.45, 7) is 4.35. The summed E-state index contributed by atoms with van der Waals surface area (Å²) in [4.78, 5) is 33.9. The van der Waals surface area contributed by atoms with Crippen molar-refractivity contribution in [3.05, 3.63) is 47.7 Å². The Hall–Kier alpha value is -3.57. The summed E-state index contributed by atoms with van der Waals surface area (Å²) in [5.41, 5.74) is 3.08. The van der Waals surface area contributed by atoms with Gasteiger partial charge in [0.05, 0.1) is 12.8 Å². The molecule has 4 aliphatic carbocycles. The molecule has 1 aromatic heterocycles. The summed E-state index contributed by atoms with van der Waals surface area (Å²) in [5.74, 6) is 3.45. The van der Waals surface area contributed by atoms with Crippen molar-refractivity contribution in [3.63, 3.8) is 0 Å². The first-order chi connectivity index (χ1) is 20.6. The smallest absolute Gasteiger partial charge is 0.328 e. The molecule has 1 aromatic carbocycles. The largest absolute Gasteiger partial charge is 0.467 e. The number of nitrogens with one attached hydrogen (secondary N) is 2. The van der Waals surface area contributed by atoms with Gasteiger partial charge in [-0.2, -0.15) is 0 Å². The van der Waals surface area contributed by atoms with Crippen molar-refractivity contribution in [1.82, 2.24) is 10.3 Å². The molecule has 43 heavy (non-hydrogen) atoms. The number of ether oxygens (including phenoxy) is 1. The molecular weight excluding hydrogens is 542 g/mol. The number of carbonyl (C=O) groups is 2. The van der Waals surface area contributed by atoms with Gasteiger partial charge in [0.2, 0.25) is 0 Å². The fourth-order valence-electron chi connectivity index (χ4n) is 9.16. The third-order valence-corrected chi connectivity index (χ3v) is 11.7. The van der Waals surface area contributed by atoms with E-state index in [4.69, 9.17) is 16.0 Å². The molecule has 3 saturated carbocycles. The third kappa shape index (κ3) is 4.96. The predicted octanol–water partition coefficient (Wildman–Crippen LogP) is 5.07. The summed E-state index contributed by atoms with van der Waals surface area (Å²) >= 11 is 0. The lowest BCUT2D eigenvalue weighted by atomic mass is 9.46. The maximum absolute atomic E-state index is 12.8. The van der Waals surface area contributed by atoms with E-state index in [1.807, 2.05) is 30.5 Å². The molecule has 2 aromatic rings. The Bertz CT molecular complexity index is 1520. The molecule has 3 fully saturated rings. The van der Waals surface area contributed by atoms with Crippen molar-refractivity contribution in [2.45, 2.75) is 83.3 Å². The lowest BCUT2D eigenvalue weighted by Gasteiger charge is -2.58. The minimum atomic E-state index is -0.983. The van der Waals surface area contributed by atoms with Crippen molar-refractivity contribution in [1.29, 1.82) is 0 Å². The summed E-state index contributed by atoms with van der Waals surface area (Å²) in [5, 5.41) is 19.3. The maximum atomic E-state index is 12.8. The van der Waals surface area contributed by atoms with Crippen LogP contribution >= 0.6 is 0 Å². The van der Waals surface area contributed by atoms with E-state index in [0.29, 0.717) is 30.6 Å².